The van der Waals surface area contributed by atoms with E-state index in [4.69, 9.17) is 4.74 Å². The minimum Gasteiger partial charge on any atom is -0.481 e. The van der Waals surface area contributed by atoms with Gasteiger partial charge in [-0.1, -0.05) is 39.5 Å². The number of allylic oxidation sites excluding steroid dienone is 3. The van der Waals surface area contributed by atoms with Gasteiger partial charge in [-0.2, -0.15) is 0 Å². The van der Waals surface area contributed by atoms with Crippen LogP contribution < -0.4 is 0 Å². The molecule has 1 N–H and O–H groups in total. The SMILES string of the molecule is CCCCCCC1(C)C=C2OC(O)=C(C)CC2CC1. The molecule has 2 heteroatoms. The third kappa shape index (κ3) is 3.55. The molecular formula is C17H28O2. The average Bonchev–Trinajstić information content (AvgIpc) is 2.37. The second kappa shape index (κ2) is 6.02. The van der Waals surface area contributed by atoms with E-state index in [1.54, 1.807) is 0 Å². The standard InChI is InChI=1S/C17H28O2/c1-4-5-6-7-9-17(3)10-8-14-11-13(2)16(18)19-15(14)12-17/h12,14,18H,4-11H2,1-3H3. The van der Waals surface area contributed by atoms with E-state index in [-0.39, 0.29) is 11.4 Å². The zero-order valence-corrected chi connectivity index (χ0v) is 12.7. The summed E-state index contributed by atoms with van der Waals surface area (Å²) < 4.78 is 5.62. The lowest BCUT2D eigenvalue weighted by atomic mass is 9.71. The van der Waals surface area contributed by atoms with Crippen molar-refractivity contribution in [2.75, 3.05) is 0 Å². The van der Waals surface area contributed by atoms with Crippen LogP contribution in [0.15, 0.2) is 23.4 Å². The normalized spacial score (nSPS) is 30.7. The Morgan fingerprint density at radius 1 is 1.37 bits per heavy atom. The molecule has 0 fully saturated rings. The Bertz CT molecular complexity index is 381. The summed E-state index contributed by atoms with van der Waals surface area (Å²) in [5, 5.41) is 9.75. The number of aliphatic hydroxyl groups is 1. The number of aliphatic hydroxyl groups excluding tert-OH is 1. The van der Waals surface area contributed by atoms with E-state index in [2.05, 4.69) is 19.9 Å². The average molecular weight is 264 g/mol. The quantitative estimate of drug-likeness (QED) is 0.667. The maximum atomic E-state index is 9.75. The van der Waals surface area contributed by atoms with Crippen molar-refractivity contribution >= 4 is 0 Å². The van der Waals surface area contributed by atoms with Crippen LogP contribution in [0.25, 0.3) is 0 Å². The largest absolute Gasteiger partial charge is 0.481 e. The second-order valence-electron chi connectivity index (χ2n) is 6.64. The zero-order valence-electron chi connectivity index (χ0n) is 12.7. The maximum Gasteiger partial charge on any atom is 0.280 e. The highest BCUT2D eigenvalue weighted by Crippen LogP contribution is 2.45. The monoisotopic (exact) mass is 264 g/mol. The van der Waals surface area contributed by atoms with Crippen LogP contribution in [-0.2, 0) is 4.74 Å². The van der Waals surface area contributed by atoms with Crippen LogP contribution in [0.4, 0.5) is 0 Å². The van der Waals surface area contributed by atoms with Crippen LogP contribution in [-0.4, -0.2) is 5.11 Å². The molecule has 1 aliphatic heterocycles. The fourth-order valence-electron chi connectivity index (χ4n) is 3.30. The van der Waals surface area contributed by atoms with Crippen molar-refractivity contribution in [3.05, 3.63) is 23.4 Å². The number of hydrogen-bond donors (Lipinski definition) is 1. The molecule has 108 valence electrons. The summed E-state index contributed by atoms with van der Waals surface area (Å²) in [5.41, 5.74) is 1.26. The predicted octanol–water partition coefficient (Wildman–Crippen LogP) is 5.47. The summed E-state index contributed by atoms with van der Waals surface area (Å²) in [6, 6.07) is 0. The summed E-state index contributed by atoms with van der Waals surface area (Å²) in [6.07, 6.45) is 12.2. The topological polar surface area (TPSA) is 29.5 Å². The highest BCUT2D eigenvalue weighted by Gasteiger charge is 2.35. The first kappa shape index (κ1) is 14.5. The molecule has 2 aliphatic rings. The fourth-order valence-corrected chi connectivity index (χ4v) is 3.30. The van der Waals surface area contributed by atoms with Crippen molar-refractivity contribution in [3.63, 3.8) is 0 Å². The van der Waals surface area contributed by atoms with Gasteiger partial charge in [0, 0.05) is 11.5 Å². The van der Waals surface area contributed by atoms with E-state index < -0.39 is 0 Å². The summed E-state index contributed by atoms with van der Waals surface area (Å²) in [6.45, 7) is 6.56. The van der Waals surface area contributed by atoms with Crippen molar-refractivity contribution in [2.24, 2.45) is 11.3 Å². The summed E-state index contributed by atoms with van der Waals surface area (Å²) in [5.74, 6) is 1.66. The molecule has 19 heavy (non-hydrogen) atoms. The molecule has 1 aliphatic carbocycles. The number of unbranched alkanes of at least 4 members (excludes halogenated alkanes) is 3. The van der Waals surface area contributed by atoms with Crippen LogP contribution >= 0.6 is 0 Å². The number of rotatable bonds is 5. The number of fused-ring (bicyclic) bond motifs is 1. The van der Waals surface area contributed by atoms with Gasteiger partial charge < -0.3 is 9.84 Å². The smallest absolute Gasteiger partial charge is 0.280 e. The Labute approximate surface area is 117 Å². The van der Waals surface area contributed by atoms with Crippen LogP contribution in [0, 0.1) is 11.3 Å². The second-order valence-corrected chi connectivity index (χ2v) is 6.64. The maximum absolute atomic E-state index is 9.75. The van der Waals surface area contributed by atoms with Crippen molar-refractivity contribution in [1.29, 1.82) is 0 Å². The Morgan fingerprint density at radius 2 is 2.16 bits per heavy atom. The summed E-state index contributed by atoms with van der Waals surface area (Å²) in [7, 11) is 0. The van der Waals surface area contributed by atoms with Gasteiger partial charge in [0.05, 0.1) is 0 Å². The van der Waals surface area contributed by atoms with Crippen LogP contribution in [0.1, 0.15) is 72.1 Å². The molecule has 0 aromatic carbocycles. The zero-order chi connectivity index (χ0) is 13.9. The van der Waals surface area contributed by atoms with E-state index in [1.807, 2.05) is 6.92 Å². The van der Waals surface area contributed by atoms with Gasteiger partial charge in [-0.25, -0.2) is 0 Å². The lowest BCUT2D eigenvalue weighted by Crippen LogP contribution is -2.26. The van der Waals surface area contributed by atoms with Crippen molar-refractivity contribution in [3.8, 4) is 0 Å². The third-order valence-electron chi connectivity index (χ3n) is 4.69. The molecule has 2 rings (SSSR count). The fraction of sp³-hybridized carbons (Fsp3) is 0.765. The highest BCUT2D eigenvalue weighted by atomic mass is 16.6. The van der Waals surface area contributed by atoms with Gasteiger partial charge in [0.1, 0.15) is 5.76 Å². The lowest BCUT2D eigenvalue weighted by molar-refractivity contribution is 0.0837. The number of ether oxygens (including phenoxy) is 1. The molecule has 2 unspecified atom stereocenters. The molecule has 1 heterocycles. The Kier molecular flexibility index (Phi) is 4.59. The van der Waals surface area contributed by atoms with Crippen LogP contribution in [0.2, 0.25) is 0 Å². The molecule has 0 spiro atoms. The van der Waals surface area contributed by atoms with Gasteiger partial charge in [0.15, 0.2) is 0 Å². The van der Waals surface area contributed by atoms with E-state index in [1.165, 1.54) is 44.9 Å². The minimum atomic E-state index is 0.137. The van der Waals surface area contributed by atoms with Crippen LogP contribution in [0.5, 0.6) is 0 Å². The van der Waals surface area contributed by atoms with Gasteiger partial charge in [-0.15, -0.1) is 0 Å². The van der Waals surface area contributed by atoms with E-state index in [0.29, 0.717) is 5.92 Å². The van der Waals surface area contributed by atoms with Gasteiger partial charge in [0.25, 0.3) is 5.95 Å². The first-order valence-corrected chi connectivity index (χ1v) is 7.83. The Morgan fingerprint density at radius 3 is 2.89 bits per heavy atom. The molecular weight excluding hydrogens is 236 g/mol. The predicted molar refractivity (Wildman–Crippen MR) is 78.7 cm³/mol. The van der Waals surface area contributed by atoms with Gasteiger partial charge in [0.2, 0.25) is 0 Å². The van der Waals surface area contributed by atoms with Crippen molar-refractivity contribution in [1.82, 2.24) is 0 Å². The summed E-state index contributed by atoms with van der Waals surface area (Å²) >= 11 is 0. The number of hydrogen-bond acceptors (Lipinski definition) is 2. The van der Waals surface area contributed by atoms with Crippen molar-refractivity contribution < 1.29 is 9.84 Å². The molecule has 0 amide bonds. The Balaban J connectivity index is 1.98. The molecule has 0 bridgehead atoms. The Hall–Kier alpha value is -0.920. The molecule has 0 saturated heterocycles. The van der Waals surface area contributed by atoms with Gasteiger partial charge in [-0.05, 0) is 44.1 Å². The van der Waals surface area contributed by atoms with E-state index in [0.717, 1.165) is 17.8 Å². The lowest BCUT2D eigenvalue weighted by Gasteiger charge is -2.37. The summed E-state index contributed by atoms with van der Waals surface area (Å²) in [4.78, 5) is 0. The molecule has 2 nitrogen and oxygen atoms in total. The van der Waals surface area contributed by atoms with Crippen molar-refractivity contribution in [2.45, 2.75) is 72.1 Å². The van der Waals surface area contributed by atoms with Crippen LogP contribution in [0.3, 0.4) is 0 Å². The molecule has 0 aromatic heterocycles. The highest BCUT2D eigenvalue weighted by molar-refractivity contribution is 5.20. The van der Waals surface area contributed by atoms with Gasteiger partial charge in [-0.3, -0.25) is 0 Å². The first-order chi connectivity index (χ1) is 9.04. The first-order valence-electron chi connectivity index (χ1n) is 7.83. The molecule has 0 radical (unpaired) electrons. The molecule has 0 saturated carbocycles. The van der Waals surface area contributed by atoms with E-state index in [9.17, 15) is 5.11 Å². The van der Waals surface area contributed by atoms with E-state index >= 15 is 0 Å². The minimum absolute atomic E-state index is 0.137. The van der Waals surface area contributed by atoms with Gasteiger partial charge >= 0.3 is 0 Å². The third-order valence-corrected chi connectivity index (χ3v) is 4.69. The molecule has 0 aromatic rings. The molecule has 2 atom stereocenters.